The molecular weight excluding hydrogens is 458 g/mol. The number of hydrazone groups is 1. The molecule has 5 rings (SSSR count). The number of nitrogens with zero attached hydrogens (tertiary/aromatic N) is 4. The molecule has 1 aromatic heterocycles. The van der Waals surface area contributed by atoms with Gasteiger partial charge in [-0.1, -0.05) is 23.8 Å². The molecule has 2 aliphatic rings. The first kappa shape index (κ1) is 22.9. The molecule has 2 aliphatic heterocycles. The molecule has 0 saturated heterocycles. The average molecular weight is 484 g/mol. The monoisotopic (exact) mass is 483 g/mol. The van der Waals surface area contributed by atoms with E-state index in [1.807, 2.05) is 82.3 Å². The van der Waals surface area contributed by atoms with Gasteiger partial charge in [-0.15, -0.1) is 0 Å². The topological polar surface area (TPSA) is 83.0 Å². The van der Waals surface area contributed by atoms with Gasteiger partial charge in [-0.05, 0) is 87.5 Å². The summed E-state index contributed by atoms with van der Waals surface area (Å²) in [7, 11) is 0. The van der Waals surface area contributed by atoms with E-state index in [0.717, 1.165) is 44.6 Å². The number of carbonyl (C=O) groups is 1. The van der Waals surface area contributed by atoms with Crippen LogP contribution in [0.5, 0.6) is 5.75 Å². The molecule has 1 N–H and O–H groups in total. The van der Waals surface area contributed by atoms with E-state index >= 15 is 0 Å². The van der Waals surface area contributed by atoms with Gasteiger partial charge in [0.05, 0.1) is 12.2 Å². The number of aliphatic imine (C=N–C) groups is 1. The third-order valence-electron chi connectivity index (χ3n) is 5.90. The van der Waals surface area contributed by atoms with Gasteiger partial charge >= 0.3 is 0 Å². The van der Waals surface area contributed by atoms with E-state index in [4.69, 9.17) is 10.1 Å². The lowest BCUT2D eigenvalue weighted by Crippen LogP contribution is -2.35. The highest BCUT2D eigenvalue weighted by atomic mass is 32.2. The molecule has 3 aromatic rings. The Morgan fingerprint density at radius 3 is 2.57 bits per heavy atom. The van der Waals surface area contributed by atoms with Crippen LogP contribution in [-0.4, -0.2) is 38.1 Å². The van der Waals surface area contributed by atoms with Crippen molar-refractivity contribution in [1.82, 2.24) is 9.58 Å². The predicted octanol–water partition coefficient (Wildman–Crippen LogP) is 5.47. The van der Waals surface area contributed by atoms with E-state index in [-0.39, 0.29) is 11.4 Å². The Labute approximate surface area is 208 Å². The van der Waals surface area contributed by atoms with Gasteiger partial charge < -0.3 is 9.30 Å². The van der Waals surface area contributed by atoms with Gasteiger partial charge in [0, 0.05) is 22.6 Å². The Balaban J connectivity index is 1.47. The van der Waals surface area contributed by atoms with Crippen LogP contribution >= 0.6 is 11.8 Å². The summed E-state index contributed by atoms with van der Waals surface area (Å²) in [6.45, 7) is 8.62. The minimum atomic E-state index is -0.430. The molecule has 0 radical (unpaired) electrons. The Kier molecular flexibility index (Phi) is 5.90. The number of nitrogens with one attached hydrogen (secondary N) is 1. The molecule has 0 atom stereocenters. The maximum absolute atomic E-state index is 12.9. The van der Waals surface area contributed by atoms with Gasteiger partial charge in [0.25, 0.3) is 5.91 Å². The van der Waals surface area contributed by atoms with Crippen molar-refractivity contribution in [3.63, 3.8) is 0 Å². The third-order valence-corrected chi connectivity index (χ3v) is 6.85. The van der Waals surface area contributed by atoms with E-state index in [1.165, 1.54) is 16.8 Å². The van der Waals surface area contributed by atoms with Crippen LogP contribution in [0.25, 0.3) is 11.8 Å². The molecule has 8 heteroatoms. The zero-order chi connectivity index (χ0) is 24.7. The van der Waals surface area contributed by atoms with Crippen LogP contribution in [-0.2, 0) is 4.79 Å². The Morgan fingerprint density at radius 1 is 1.09 bits per heavy atom. The molecule has 0 bridgehead atoms. The smallest absolute Gasteiger partial charge is 0.283 e. The highest BCUT2D eigenvalue weighted by Crippen LogP contribution is 2.32. The molecule has 2 aromatic carbocycles. The number of fused-ring (bicyclic) bond motifs is 1. The van der Waals surface area contributed by atoms with Gasteiger partial charge in [-0.3, -0.25) is 10.2 Å². The van der Waals surface area contributed by atoms with Crippen LogP contribution in [0.1, 0.15) is 35.0 Å². The van der Waals surface area contributed by atoms with Gasteiger partial charge in [0.15, 0.2) is 5.84 Å². The highest BCUT2D eigenvalue weighted by molar-refractivity contribution is 8.27. The van der Waals surface area contributed by atoms with Gasteiger partial charge in [0.1, 0.15) is 10.8 Å². The number of rotatable bonds is 5. The van der Waals surface area contributed by atoms with Crippen LogP contribution in [0.4, 0.5) is 0 Å². The fraction of sp³-hybridized carbons (Fsp3) is 0.185. The molecule has 0 unspecified atom stereocenters. The van der Waals surface area contributed by atoms with Crippen LogP contribution in [0.2, 0.25) is 0 Å². The number of hydrogen-bond donors (Lipinski definition) is 1. The van der Waals surface area contributed by atoms with Gasteiger partial charge in [-0.25, -0.2) is 0 Å². The first-order valence-electron chi connectivity index (χ1n) is 11.3. The normalized spacial score (nSPS) is 16.5. The van der Waals surface area contributed by atoms with Crippen LogP contribution in [0, 0.1) is 26.2 Å². The van der Waals surface area contributed by atoms with Crippen molar-refractivity contribution in [2.45, 2.75) is 27.7 Å². The summed E-state index contributed by atoms with van der Waals surface area (Å²) < 4.78 is 7.67. The largest absolute Gasteiger partial charge is 0.494 e. The van der Waals surface area contributed by atoms with Crippen LogP contribution < -0.4 is 4.74 Å². The first-order valence-corrected chi connectivity index (χ1v) is 12.2. The number of benzene rings is 2. The molecule has 176 valence electrons. The summed E-state index contributed by atoms with van der Waals surface area (Å²) in [5.74, 6) is 0.423. The van der Waals surface area contributed by atoms with E-state index in [9.17, 15) is 4.79 Å². The molecule has 0 aliphatic carbocycles. The Hall–Kier alpha value is -3.91. The number of hydrogen-bond acceptors (Lipinski definition) is 5. The summed E-state index contributed by atoms with van der Waals surface area (Å²) in [5, 5.41) is 15.9. The van der Waals surface area contributed by atoms with E-state index in [1.54, 1.807) is 6.08 Å². The molecule has 3 heterocycles. The number of aromatic nitrogens is 1. The molecule has 35 heavy (non-hydrogen) atoms. The van der Waals surface area contributed by atoms with Crippen molar-refractivity contribution < 1.29 is 9.53 Å². The molecule has 7 nitrogen and oxygen atoms in total. The fourth-order valence-electron chi connectivity index (χ4n) is 4.23. The quantitative estimate of drug-likeness (QED) is 0.488. The molecular formula is C27H25N5O2S. The first-order chi connectivity index (χ1) is 16.9. The van der Waals surface area contributed by atoms with Crippen LogP contribution in [0.15, 0.2) is 70.3 Å². The Morgan fingerprint density at radius 2 is 1.86 bits per heavy atom. The summed E-state index contributed by atoms with van der Waals surface area (Å²) >= 11 is 1.31. The predicted molar refractivity (Wildman–Crippen MR) is 142 cm³/mol. The minimum absolute atomic E-state index is 0.0287. The highest BCUT2D eigenvalue weighted by Gasteiger charge is 2.36. The zero-order valence-corrected chi connectivity index (χ0v) is 20.8. The maximum atomic E-state index is 12.9. The molecule has 0 fully saturated rings. The second kappa shape index (κ2) is 9.03. The lowest BCUT2D eigenvalue weighted by Gasteiger charge is -2.20. The second-order valence-electron chi connectivity index (χ2n) is 8.38. The zero-order valence-electron chi connectivity index (χ0n) is 20.0. The molecule has 0 saturated carbocycles. The third kappa shape index (κ3) is 4.21. The van der Waals surface area contributed by atoms with Crippen molar-refractivity contribution in [3.8, 4) is 11.4 Å². The van der Waals surface area contributed by atoms with E-state index in [0.29, 0.717) is 11.8 Å². The van der Waals surface area contributed by atoms with E-state index in [2.05, 4.69) is 14.7 Å². The van der Waals surface area contributed by atoms with E-state index < -0.39 is 5.91 Å². The number of amides is 1. The number of ether oxygens (including phenoxy) is 1. The number of amidine groups is 2. The molecule has 1 amide bonds. The average Bonchev–Trinajstić information content (AvgIpc) is 3.38. The van der Waals surface area contributed by atoms with Crippen molar-refractivity contribution in [1.29, 1.82) is 5.41 Å². The number of carbonyl (C=O) groups excluding carboxylic acids is 1. The lowest BCUT2D eigenvalue weighted by molar-refractivity contribution is -0.114. The van der Waals surface area contributed by atoms with Crippen molar-refractivity contribution in [2.24, 2.45) is 10.1 Å². The number of thioether (sulfide) groups is 1. The maximum Gasteiger partial charge on any atom is 0.283 e. The van der Waals surface area contributed by atoms with Gasteiger partial charge in [0.2, 0.25) is 5.17 Å². The van der Waals surface area contributed by atoms with Crippen LogP contribution in [0.3, 0.4) is 0 Å². The second-order valence-corrected chi connectivity index (χ2v) is 9.34. The summed E-state index contributed by atoms with van der Waals surface area (Å²) in [4.78, 5) is 17.1. The summed E-state index contributed by atoms with van der Waals surface area (Å²) in [5.41, 5.74) is 6.13. The van der Waals surface area contributed by atoms with Crippen molar-refractivity contribution >= 4 is 39.8 Å². The minimum Gasteiger partial charge on any atom is -0.494 e. The van der Waals surface area contributed by atoms with Crippen molar-refractivity contribution in [2.75, 3.05) is 6.61 Å². The lowest BCUT2D eigenvalue weighted by atomic mass is 10.1. The van der Waals surface area contributed by atoms with Gasteiger partial charge in [-0.2, -0.15) is 15.1 Å². The summed E-state index contributed by atoms with van der Waals surface area (Å²) in [6.07, 6.45) is 1.74. The standard InChI is InChI=1S/C27H25N5O2S/c1-5-34-22-11-9-21(10-12-22)31-17(3)14-20(18(31)4)15-23-24(28)32-27(29-25(23)33)35-26(30-32)19-8-6-7-16(2)13-19/h6-15,28H,5H2,1-4H3/b23-15-,28-24?. The number of aryl methyl sites for hydroxylation is 2. The van der Waals surface area contributed by atoms with Crippen molar-refractivity contribution in [3.05, 3.63) is 88.2 Å². The Bertz CT molecular complexity index is 1450. The summed E-state index contributed by atoms with van der Waals surface area (Å²) in [6, 6.07) is 17.9. The molecule has 0 spiro atoms. The fourth-order valence-corrected chi connectivity index (χ4v) is 5.12. The SMILES string of the molecule is CCOc1ccc(-n2c(C)cc(/C=C3/C(=N)N4N=C(c5cccc(C)c5)SC4=NC3=O)c2C)cc1.